The molecule has 4 nitrogen and oxygen atoms in total. The molecule has 2 aromatic rings. The van der Waals surface area contributed by atoms with E-state index in [1.165, 1.54) is 0 Å². The normalized spacial score (nSPS) is 10.4. The van der Waals surface area contributed by atoms with Crippen molar-refractivity contribution in [2.24, 2.45) is 7.05 Å². The molecule has 0 saturated carbocycles. The van der Waals surface area contributed by atoms with Crippen LogP contribution in [0.2, 0.25) is 0 Å². The van der Waals surface area contributed by atoms with Crippen LogP contribution in [0.1, 0.15) is 21.6 Å². The van der Waals surface area contributed by atoms with Crippen molar-refractivity contribution in [3.63, 3.8) is 0 Å². The Labute approximate surface area is 114 Å². The Bertz CT molecular complexity index is 577. The molecular weight excluding hydrogens is 294 g/mol. The van der Waals surface area contributed by atoms with Gasteiger partial charge >= 0.3 is 0 Å². The average Bonchev–Trinajstić information content (AvgIpc) is 2.75. The van der Waals surface area contributed by atoms with E-state index in [0.29, 0.717) is 12.1 Å². The predicted molar refractivity (Wildman–Crippen MR) is 73.3 cm³/mol. The van der Waals surface area contributed by atoms with Crippen molar-refractivity contribution < 1.29 is 4.79 Å². The molecular formula is C13H14BrN3O. The van der Waals surface area contributed by atoms with Crippen molar-refractivity contribution in [1.29, 1.82) is 0 Å². The van der Waals surface area contributed by atoms with Crippen molar-refractivity contribution in [2.75, 3.05) is 0 Å². The molecule has 0 fully saturated rings. The summed E-state index contributed by atoms with van der Waals surface area (Å²) in [6.45, 7) is 2.40. The molecule has 1 aromatic carbocycles. The number of aryl methyl sites for hydroxylation is 2. The summed E-state index contributed by atoms with van der Waals surface area (Å²) in [4.78, 5) is 12.1. The summed E-state index contributed by atoms with van der Waals surface area (Å²) in [6.07, 6.45) is 1.71. The van der Waals surface area contributed by atoms with Crippen LogP contribution in [0.4, 0.5) is 0 Å². The first-order chi connectivity index (χ1) is 8.58. The molecule has 5 heteroatoms. The van der Waals surface area contributed by atoms with Crippen LogP contribution in [0.5, 0.6) is 0 Å². The monoisotopic (exact) mass is 307 g/mol. The van der Waals surface area contributed by atoms with Gasteiger partial charge in [-0.3, -0.25) is 9.48 Å². The second kappa shape index (κ2) is 5.35. The molecule has 0 bridgehead atoms. The Morgan fingerprint density at radius 1 is 1.44 bits per heavy atom. The molecule has 1 heterocycles. The van der Waals surface area contributed by atoms with Crippen molar-refractivity contribution in [3.8, 4) is 0 Å². The number of halogens is 1. The molecule has 1 N–H and O–H groups in total. The zero-order valence-electron chi connectivity index (χ0n) is 10.3. The minimum Gasteiger partial charge on any atom is -0.346 e. The van der Waals surface area contributed by atoms with E-state index >= 15 is 0 Å². The van der Waals surface area contributed by atoms with Crippen LogP contribution in [0.15, 0.2) is 34.9 Å². The van der Waals surface area contributed by atoms with Gasteiger partial charge in [0, 0.05) is 23.3 Å². The van der Waals surface area contributed by atoms with Crippen LogP contribution in [0.25, 0.3) is 0 Å². The van der Waals surface area contributed by atoms with Gasteiger partial charge in [-0.2, -0.15) is 5.10 Å². The largest absolute Gasteiger partial charge is 0.346 e. The zero-order valence-corrected chi connectivity index (χ0v) is 11.9. The quantitative estimate of drug-likeness (QED) is 0.946. The molecule has 94 valence electrons. The molecule has 0 spiro atoms. The second-order valence-electron chi connectivity index (χ2n) is 4.09. The van der Waals surface area contributed by atoms with Gasteiger partial charge in [0.05, 0.1) is 12.2 Å². The molecule has 0 atom stereocenters. The number of hydrogen-bond donors (Lipinski definition) is 1. The molecule has 1 aromatic heterocycles. The van der Waals surface area contributed by atoms with Crippen LogP contribution >= 0.6 is 15.9 Å². The first-order valence-electron chi connectivity index (χ1n) is 5.59. The van der Waals surface area contributed by atoms with Crippen LogP contribution in [-0.4, -0.2) is 15.7 Å². The SMILES string of the molecule is Cc1ccc(Br)cc1C(=O)NCc1ccnn1C. The maximum atomic E-state index is 12.1. The summed E-state index contributed by atoms with van der Waals surface area (Å²) < 4.78 is 2.65. The summed E-state index contributed by atoms with van der Waals surface area (Å²) in [5.41, 5.74) is 2.61. The molecule has 0 radical (unpaired) electrons. The van der Waals surface area contributed by atoms with Crippen molar-refractivity contribution in [2.45, 2.75) is 13.5 Å². The van der Waals surface area contributed by atoms with Crippen molar-refractivity contribution in [1.82, 2.24) is 15.1 Å². The summed E-state index contributed by atoms with van der Waals surface area (Å²) in [7, 11) is 1.85. The van der Waals surface area contributed by atoms with Gasteiger partial charge < -0.3 is 5.32 Å². The van der Waals surface area contributed by atoms with Crippen LogP contribution < -0.4 is 5.32 Å². The summed E-state index contributed by atoms with van der Waals surface area (Å²) in [5.74, 6) is -0.0741. The Balaban J connectivity index is 2.08. The van der Waals surface area contributed by atoms with E-state index in [4.69, 9.17) is 0 Å². The van der Waals surface area contributed by atoms with E-state index in [9.17, 15) is 4.79 Å². The fourth-order valence-corrected chi connectivity index (χ4v) is 2.04. The predicted octanol–water partition coefficient (Wildman–Crippen LogP) is 2.42. The van der Waals surface area contributed by atoms with Gasteiger partial charge in [0.2, 0.25) is 0 Å². The van der Waals surface area contributed by atoms with Crippen LogP contribution in [0, 0.1) is 6.92 Å². The van der Waals surface area contributed by atoms with Gasteiger partial charge in [-0.1, -0.05) is 22.0 Å². The number of nitrogens with zero attached hydrogens (tertiary/aromatic N) is 2. The van der Waals surface area contributed by atoms with Gasteiger partial charge in [-0.05, 0) is 30.7 Å². The molecule has 0 unspecified atom stereocenters. The molecule has 1 amide bonds. The number of carbonyl (C=O) groups is 1. The summed E-state index contributed by atoms with van der Waals surface area (Å²) in [6, 6.07) is 7.55. The average molecular weight is 308 g/mol. The van der Waals surface area contributed by atoms with E-state index < -0.39 is 0 Å². The lowest BCUT2D eigenvalue weighted by atomic mass is 10.1. The molecule has 2 rings (SSSR count). The Hall–Kier alpha value is -1.62. The van der Waals surface area contributed by atoms with Crippen LogP contribution in [-0.2, 0) is 13.6 Å². The third kappa shape index (κ3) is 2.79. The Morgan fingerprint density at radius 2 is 2.22 bits per heavy atom. The number of benzene rings is 1. The lowest BCUT2D eigenvalue weighted by molar-refractivity contribution is 0.0949. The first-order valence-corrected chi connectivity index (χ1v) is 6.38. The highest BCUT2D eigenvalue weighted by Gasteiger charge is 2.09. The summed E-state index contributed by atoms with van der Waals surface area (Å²) >= 11 is 3.37. The molecule has 0 aliphatic heterocycles. The minimum absolute atomic E-state index is 0.0741. The van der Waals surface area contributed by atoms with Gasteiger partial charge in [-0.15, -0.1) is 0 Å². The Kier molecular flexibility index (Phi) is 3.81. The van der Waals surface area contributed by atoms with Crippen molar-refractivity contribution >= 4 is 21.8 Å². The fraction of sp³-hybridized carbons (Fsp3) is 0.231. The maximum Gasteiger partial charge on any atom is 0.251 e. The van der Waals surface area contributed by atoms with E-state index in [0.717, 1.165) is 15.7 Å². The number of nitrogens with one attached hydrogen (secondary N) is 1. The third-order valence-electron chi connectivity index (χ3n) is 2.80. The minimum atomic E-state index is -0.0741. The highest BCUT2D eigenvalue weighted by Crippen LogP contribution is 2.16. The molecule has 0 aliphatic carbocycles. The van der Waals surface area contributed by atoms with Gasteiger partial charge in [0.25, 0.3) is 5.91 Å². The number of amides is 1. The number of aromatic nitrogens is 2. The lowest BCUT2D eigenvalue weighted by Gasteiger charge is -2.08. The molecule has 18 heavy (non-hydrogen) atoms. The van der Waals surface area contributed by atoms with Gasteiger partial charge in [-0.25, -0.2) is 0 Å². The second-order valence-corrected chi connectivity index (χ2v) is 5.00. The first kappa shape index (κ1) is 12.8. The number of rotatable bonds is 3. The molecule has 0 saturated heterocycles. The Morgan fingerprint density at radius 3 is 2.89 bits per heavy atom. The highest BCUT2D eigenvalue weighted by atomic mass is 79.9. The molecule has 0 aliphatic rings. The topological polar surface area (TPSA) is 46.9 Å². The van der Waals surface area contributed by atoms with Crippen molar-refractivity contribution in [3.05, 3.63) is 51.8 Å². The van der Waals surface area contributed by atoms with E-state index in [1.54, 1.807) is 10.9 Å². The fourth-order valence-electron chi connectivity index (χ4n) is 1.68. The highest BCUT2D eigenvalue weighted by molar-refractivity contribution is 9.10. The zero-order chi connectivity index (χ0) is 13.1. The standard InChI is InChI=1S/C13H14BrN3O/c1-9-3-4-10(14)7-12(9)13(18)15-8-11-5-6-16-17(11)2/h3-7H,8H2,1-2H3,(H,15,18). The maximum absolute atomic E-state index is 12.1. The number of carbonyl (C=O) groups excluding carboxylic acids is 1. The van der Waals surface area contributed by atoms with E-state index in [-0.39, 0.29) is 5.91 Å². The van der Waals surface area contributed by atoms with Crippen LogP contribution in [0.3, 0.4) is 0 Å². The van der Waals surface area contributed by atoms with Gasteiger partial charge in [0.1, 0.15) is 0 Å². The lowest BCUT2D eigenvalue weighted by Crippen LogP contribution is -2.24. The van der Waals surface area contributed by atoms with Gasteiger partial charge in [0.15, 0.2) is 0 Å². The summed E-state index contributed by atoms with van der Waals surface area (Å²) in [5, 5.41) is 6.95. The van der Waals surface area contributed by atoms with E-state index in [2.05, 4.69) is 26.3 Å². The smallest absolute Gasteiger partial charge is 0.251 e. The van der Waals surface area contributed by atoms with E-state index in [1.807, 2.05) is 38.2 Å². The third-order valence-corrected chi connectivity index (χ3v) is 3.29. The number of hydrogen-bond acceptors (Lipinski definition) is 2.